The van der Waals surface area contributed by atoms with Crippen LogP contribution in [0.2, 0.25) is 5.02 Å². The monoisotopic (exact) mass is 486 g/mol. The minimum absolute atomic E-state index is 0.134. The quantitative estimate of drug-likeness (QED) is 0.297. The predicted octanol–water partition coefficient (Wildman–Crippen LogP) is 7.28. The van der Waals surface area contributed by atoms with E-state index in [1.54, 1.807) is 34.9 Å². The van der Waals surface area contributed by atoms with Gasteiger partial charge in [-0.25, -0.2) is 4.79 Å². The number of hydrogen-bond acceptors (Lipinski definition) is 2. The zero-order chi connectivity index (χ0) is 24.6. The van der Waals surface area contributed by atoms with Crippen molar-refractivity contribution in [3.63, 3.8) is 0 Å². The van der Waals surface area contributed by atoms with E-state index >= 15 is 0 Å². The molecule has 0 N–H and O–H groups in total. The van der Waals surface area contributed by atoms with Gasteiger partial charge < -0.3 is 4.74 Å². The minimum Gasteiger partial charge on any atom is -0.406 e. The third kappa shape index (κ3) is 4.75. The van der Waals surface area contributed by atoms with Gasteiger partial charge in [-0.05, 0) is 61.4 Å². The lowest BCUT2D eigenvalue weighted by Crippen LogP contribution is -2.23. The Kier molecular flexibility index (Phi) is 6.32. The lowest BCUT2D eigenvalue weighted by molar-refractivity contribution is -0.274. The summed E-state index contributed by atoms with van der Waals surface area (Å²) in [5.74, 6) is -0.498. The summed E-state index contributed by atoms with van der Waals surface area (Å²) in [6.07, 6.45) is -4.83. The number of ether oxygens (including phenoxy) is 1. The van der Waals surface area contributed by atoms with Crippen LogP contribution in [-0.4, -0.2) is 15.5 Å². The lowest BCUT2D eigenvalue weighted by atomic mass is 10.0. The molecular formula is C26H22ClF3N2O2. The molecule has 0 atom stereocenters. The van der Waals surface area contributed by atoms with E-state index in [9.17, 15) is 18.0 Å². The molecule has 1 aromatic heterocycles. The van der Waals surface area contributed by atoms with Crippen LogP contribution in [-0.2, 0) is 0 Å². The van der Waals surface area contributed by atoms with Crippen molar-refractivity contribution in [1.29, 1.82) is 0 Å². The average molecular weight is 487 g/mol. The van der Waals surface area contributed by atoms with E-state index in [1.807, 2.05) is 45.0 Å². The number of nitrogens with zero attached hydrogens (tertiary/aromatic N) is 2. The molecule has 0 saturated carbocycles. The minimum atomic E-state index is -4.83. The molecule has 0 aliphatic rings. The largest absolute Gasteiger partial charge is 0.573 e. The van der Waals surface area contributed by atoms with Crippen molar-refractivity contribution in [3.8, 4) is 28.4 Å². The first kappa shape index (κ1) is 23.7. The van der Waals surface area contributed by atoms with Gasteiger partial charge in [0.2, 0.25) is 0 Å². The number of rotatable bonds is 5. The lowest BCUT2D eigenvalue weighted by Gasteiger charge is -2.15. The molecule has 0 spiro atoms. The Bertz CT molecular complexity index is 1370. The maximum Gasteiger partial charge on any atom is 0.573 e. The summed E-state index contributed by atoms with van der Waals surface area (Å²) in [7, 11) is 0. The topological polar surface area (TPSA) is 36.2 Å². The fourth-order valence-electron chi connectivity index (χ4n) is 3.94. The second-order valence-corrected chi connectivity index (χ2v) is 8.67. The zero-order valence-corrected chi connectivity index (χ0v) is 19.5. The Hall–Kier alpha value is -3.45. The highest BCUT2D eigenvalue weighted by Crippen LogP contribution is 2.35. The van der Waals surface area contributed by atoms with Crippen LogP contribution in [0.5, 0.6) is 5.75 Å². The number of aryl methyl sites for hydroxylation is 1. The van der Waals surface area contributed by atoms with Gasteiger partial charge in [-0.2, -0.15) is 0 Å². The highest BCUT2D eigenvalue weighted by Gasteiger charge is 2.32. The summed E-state index contributed by atoms with van der Waals surface area (Å²) in [5.41, 5.74) is 3.46. The van der Waals surface area contributed by atoms with Crippen LogP contribution in [0, 0.1) is 6.92 Å². The van der Waals surface area contributed by atoms with Crippen LogP contribution < -0.4 is 10.4 Å². The second kappa shape index (κ2) is 9.06. The number of imidazole rings is 1. The highest BCUT2D eigenvalue weighted by atomic mass is 35.5. The van der Waals surface area contributed by atoms with Gasteiger partial charge in [0.15, 0.2) is 0 Å². The molecular weight excluding hydrogens is 465 g/mol. The molecule has 4 aromatic rings. The van der Waals surface area contributed by atoms with Gasteiger partial charge >= 0.3 is 12.1 Å². The maximum absolute atomic E-state index is 13.9. The molecule has 0 saturated heterocycles. The number of hydrogen-bond donors (Lipinski definition) is 0. The Labute approximate surface area is 199 Å². The average Bonchev–Trinajstić information content (AvgIpc) is 3.07. The van der Waals surface area contributed by atoms with Crippen LogP contribution in [0.4, 0.5) is 13.2 Å². The van der Waals surface area contributed by atoms with Crippen molar-refractivity contribution >= 4 is 11.6 Å². The molecule has 0 unspecified atom stereocenters. The van der Waals surface area contributed by atoms with Crippen LogP contribution in [0.3, 0.4) is 0 Å². The number of halogens is 4. The summed E-state index contributed by atoms with van der Waals surface area (Å²) < 4.78 is 45.9. The normalized spacial score (nSPS) is 11.8. The van der Waals surface area contributed by atoms with E-state index in [0.717, 1.165) is 5.56 Å². The molecule has 0 amide bonds. The molecule has 0 bridgehead atoms. The highest BCUT2D eigenvalue weighted by molar-refractivity contribution is 6.30. The van der Waals surface area contributed by atoms with Crippen LogP contribution >= 0.6 is 11.6 Å². The van der Waals surface area contributed by atoms with Crippen molar-refractivity contribution in [2.75, 3.05) is 0 Å². The molecule has 1 heterocycles. The third-order valence-electron chi connectivity index (χ3n) is 5.35. The van der Waals surface area contributed by atoms with Crippen molar-refractivity contribution in [3.05, 3.63) is 99.6 Å². The molecule has 176 valence electrons. The number of aromatic nitrogens is 2. The summed E-state index contributed by atoms with van der Waals surface area (Å²) in [6, 6.07) is 19.9. The molecule has 0 radical (unpaired) electrons. The van der Waals surface area contributed by atoms with E-state index in [0.29, 0.717) is 33.3 Å². The molecule has 4 nitrogen and oxygen atoms in total. The Morgan fingerprint density at radius 1 is 0.882 bits per heavy atom. The van der Waals surface area contributed by atoms with Gasteiger partial charge in [0.1, 0.15) is 5.75 Å². The molecule has 4 rings (SSSR count). The molecule has 0 fully saturated rings. The van der Waals surface area contributed by atoms with Crippen molar-refractivity contribution in [2.45, 2.75) is 33.1 Å². The Balaban J connectivity index is 2.06. The predicted molar refractivity (Wildman–Crippen MR) is 127 cm³/mol. The number of benzene rings is 3. The Morgan fingerprint density at radius 3 is 2.06 bits per heavy atom. The van der Waals surface area contributed by atoms with Crippen LogP contribution in [0.1, 0.15) is 31.0 Å². The standard InChI is InChI=1S/C26H22ClF3N2O2/c1-16(2)23-24(18-5-4-6-22(15-18)34-26(28,29)30)32(21-13-9-19(27)10-14-21)25(33)31(23)20-11-7-17(3)8-12-20/h4-16H,1-3H3. The first-order valence-corrected chi connectivity index (χ1v) is 11.0. The first-order chi connectivity index (χ1) is 16.0. The molecule has 0 aliphatic heterocycles. The number of alkyl halides is 3. The molecule has 34 heavy (non-hydrogen) atoms. The fourth-order valence-corrected chi connectivity index (χ4v) is 4.07. The van der Waals surface area contributed by atoms with E-state index in [-0.39, 0.29) is 17.4 Å². The van der Waals surface area contributed by atoms with Gasteiger partial charge in [0.25, 0.3) is 0 Å². The summed E-state index contributed by atoms with van der Waals surface area (Å²) in [5, 5.41) is 0.501. The zero-order valence-electron chi connectivity index (χ0n) is 18.7. The maximum atomic E-state index is 13.9. The van der Waals surface area contributed by atoms with E-state index in [4.69, 9.17) is 11.6 Å². The fraction of sp³-hybridized carbons (Fsp3) is 0.192. The van der Waals surface area contributed by atoms with E-state index in [1.165, 1.54) is 22.8 Å². The second-order valence-electron chi connectivity index (χ2n) is 8.23. The van der Waals surface area contributed by atoms with Gasteiger partial charge in [-0.1, -0.05) is 55.3 Å². The summed E-state index contributed by atoms with van der Waals surface area (Å²) in [4.78, 5) is 13.9. The van der Waals surface area contributed by atoms with Gasteiger partial charge in [0, 0.05) is 10.6 Å². The van der Waals surface area contributed by atoms with E-state index < -0.39 is 6.36 Å². The third-order valence-corrected chi connectivity index (χ3v) is 5.61. The van der Waals surface area contributed by atoms with Crippen LogP contribution in [0.15, 0.2) is 77.6 Å². The first-order valence-electron chi connectivity index (χ1n) is 10.6. The summed E-state index contributed by atoms with van der Waals surface area (Å²) >= 11 is 6.06. The smallest absolute Gasteiger partial charge is 0.406 e. The summed E-state index contributed by atoms with van der Waals surface area (Å²) in [6.45, 7) is 5.82. The SMILES string of the molecule is Cc1ccc(-n2c(C(C)C)c(-c3cccc(OC(F)(F)F)c3)n(-c3ccc(Cl)cc3)c2=O)cc1. The Morgan fingerprint density at radius 2 is 1.47 bits per heavy atom. The molecule has 3 aromatic carbocycles. The van der Waals surface area contributed by atoms with Crippen molar-refractivity contribution < 1.29 is 17.9 Å². The van der Waals surface area contributed by atoms with E-state index in [2.05, 4.69) is 4.74 Å². The van der Waals surface area contributed by atoms with Crippen molar-refractivity contribution in [2.24, 2.45) is 0 Å². The van der Waals surface area contributed by atoms with Crippen LogP contribution in [0.25, 0.3) is 22.6 Å². The van der Waals surface area contributed by atoms with Gasteiger partial charge in [0.05, 0.1) is 22.8 Å². The molecule has 8 heteroatoms. The van der Waals surface area contributed by atoms with Crippen molar-refractivity contribution in [1.82, 2.24) is 9.13 Å². The van der Waals surface area contributed by atoms with Gasteiger partial charge in [-0.15, -0.1) is 13.2 Å². The van der Waals surface area contributed by atoms with Gasteiger partial charge in [-0.3, -0.25) is 9.13 Å². The molecule has 0 aliphatic carbocycles.